The topological polar surface area (TPSA) is 9.23 Å². The molecule has 1 heterocycles. The van der Waals surface area contributed by atoms with Crippen molar-refractivity contribution in [2.45, 2.75) is 39.2 Å². The predicted molar refractivity (Wildman–Crippen MR) is 54.6 cm³/mol. The number of rotatable bonds is 0. The summed E-state index contributed by atoms with van der Waals surface area (Å²) in [5, 5.41) is 0. The summed E-state index contributed by atoms with van der Waals surface area (Å²) in [5.41, 5.74) is 1.78. The van der Waals surface area contributed by atoms with Crippen LogP contribution >= 0.6 is 0 Å². The molecule has 0 radical (unpaired) electrons. The summed E-state index contributed by atoms with van der Waals surface area (Å²) in [6, 6.07) is 0. The van der Waals surface area contributed by atoms with Crippen molar-refractivity contribution in [1.29, 1.82) is 0 Å². The van der Waals surface area contributed by atoms with Gasteiger partial charge in [0.2, 0.25) is 0 Å². The summed E-state index contributed by atoms with van der Waals surface area (Å²) >= 11 is 0. The number of hydrogen-bond donors (Lipinski definition) is 0. The summed E-state index contributed by atoms with van der Waals surface area (Å²) in [6.45, 7) is 7.62. The zero-order valence-corrected chi connectivity index (χ0v) is 8.76. The summed E-state index contributed by atoms with van der Waals surface area (Å²) in [5.74, 6) is 0. The van der Waals surface area contributed by atoms with Gasteiger partial charge in [0, 0.05) is 0 Å². The van der Waals surface area contributed by atoms with E-state index in [1.165, 1.54) is 12.0 Å². The Morgan fingerprint density at radius 2 is 2.15 bits per heavy atom. The molecule has 0 unspecified atom stereocenters. The van der Waals surface area contributed by atoms with Gasteiger partial charge in [-0.1, -0.05) is 31.6 Å². The van der Waals surface area contributed by atoms with Gasteiger partial charge in [-0.2, -0.15) is 0 Å². The molecule has 2 aliphatic rings. The normalized spacial score (nSPS) is 36.7. The van der Waals surface area contributed by atoms with Gasteiger partial charge in [0.25, 0.3) is 0 Å². The van der Waals surface area contributed by atoms with E-state index in [0.29, 0.717) is 5.41 Å². The quantitative estimate of drug-likeness (QED) is 0.518. The van der Waals surface area contributed by atoms with Gasteiger partial charge in [-0.3, -0.25) is 0 Å². The average molecular weight is 178 g/mol. The van der Waals surface area contributed by atoms with Crippen LogP contribution in [0.5, 0.6) is 0 Å². The fraction of sp³-hybridized carbons (Fsp3) is 0.667. The molecule has 13 heavy (non-hydrogen) atoms. The molecule has 2 rings (SSSR count). The van der Waals surface area contributed by atoms with Gasteiger partial charge < -0.3 is 4.74 Å². The summed E-state index contributed by atoms with van der Waals surface area (Å²) < 4.78 is 5.80. The van der Waals surface area contributed by atoms with Crippen molar-refractivity contribution in [2.75, 3.05) is 6.61 Å². The number of hydrogen-bond acceptors (Lipinski definition) is 1. The Kier molecular flexibility index (Phi) is 1.88. The summed E-state index contributed by atoms with van der Waals surface area (Å²) in [7, 11) is 0. The lowest BCUT2D eigenvalue weighted by Crippen LogP contribution is -2.35. The van der Waals surface area contributed by atoms with Crippen LogP contribution in [0.25, 0.3) is 0 Å². The lowest BCUT2D eigenvalue weighted by Gasteiger charge is -2.39. The lowest BCUT2D eigenvalue weighted by molar-refractivity contribution is 0.0205. The van der Waals surface area contributed by atoms with Crippen molar-refractivity contribution in [3.63, 3.8) is 0 Å². The minimum absolute atomic E-state index is 0.0637. The van der Waals surface area contributed by atoms with Crippen LogP contribution in [-0.2, 0) is 4.74 Å². The van der Waals surface area contributed by atoms with E-state index in [2.05, 4.69) is 39.0 Å². The second-order valence-corrected chi connectivity index (χ2v) is 5.18. The first-order chi connectivity index (χ1) is 6.02. The first-order valence-electron chi connectivity index (χ1n) is 5.01. The van der Waals surface area contributed by atoms with Crippen molar-refractivity contribution in [1.82, 2.24) is 0 Å². The monoisotopic (exact) mass is 178 g/mol. The van der Waals surface area contributed by atoms with Crippen LogP contribution < -0.4 is 0 Å². The van der Waals surface area contributed by atoms with Crippen molar-refractivity contribution in [2.24, 2.45) is 5.41 Å². The summed E-state index contributed by atoms with van der Waals surface area (Å²) in [4.78, 5) is 0. The first-order valence-corrected chi connectivity index (χ1v) is 5.01. The minimum Gasteiger partial charge on any atom is -0.363 e. The van der Waals surface area contributed by atoms with Crippen LogP contribution in [0.1, 0.15) is 33.6 Å². The number of allylic oxidation sites excluding steroid dienone is 1. The molecule has 72 valence electrons. The Labute approximate surface area is 80.5 Å². The molecular formula is C12H18O. The van der Waals surface area contributed by atoms with E-state index in [0.717, 1.165) is 13.0 Å². The van der Waals surface area contributed by atoms with Gasteiger partial charge in [0.15, 0.2) is 0 Å². The highest BCUT2D eigenvalue weighted by Crippen LogP contribution is 2.43. The van der Waals surface area contributed by atoms with E-state index in [1.807, 2.05) is 0 Å². The molecular weight excluding hydrogens is 160 g/mol. The standard InChI is InChI=1S/C12H18O/c1-10-7-11(2,3)9-12(8-10)5-4-6-13-12/h4-5,8H,6-7,9H2,1-3H3/t12-/m0/s1. The highest BCUT2D eigenvalue weighted by molar-refractivity contribution is 5.26. The second kappa shape index (κ2) is 2.71. The lowest BCUT2D eigenvalue weighted by atomic mass is 9.71. The molecule has 0 aromatic heterocycles. The Balaban J connectivity index is 2.31. The largest absolute Gasteiger partial charge is 0.363 e. The molecule has 0 N–H and O–H groups in total. The Bertz CT molecular complexity index is 273. The maximum atomic E-state index is 5.80. The Morgan fingerprint density at radius 3 is 2.69 bits per heavy atom. The molecule has 0 amide bonds. The highest BCUT2D eigenvalue weighted by Gasteiger charge is 2.39. The van der Waals surface area contributed by atoms with Crippen molar-refractivity contribution < 1.29 is 4.74 Å². The van der Waals surface area contributed by atoms with E-state index in [9.17, 15) is 0 Å². The van der Waals surface area contributed by atoms with Gasteiger partial charge >= 0.3 is 0 Å². The zero-order valence-electron chi connectivity index (χ0n) is 8.76. The molecule has 1 nitrogen and oxygen atoms in total. The van der Waals surface area contributed by atoms with Gasteiger partial charge in [0.1, 0.15) is 5.60 Å². The van der Waals surface area contributed by atoms with Crippen molar-refractivity contribution >= 4 is 0 Å². The Morgan fingerprint density at radius 1 is 1.38 bits per heavy atom. The molecule has 1 spiro atoms. The van der Waals surface area contributed by atoms with Crippen LogP contribution in [0.3, 0.4) is 0 Å². The molecule has 0 aromatic rings. The van der Waals surface area contributed by atoms with Gasteiger partial charge in [-0.25, -0.2) is 0 Å². The average Bonchev–Trinajstić information content (AvgIpc) is 2.31. The van der Waals surface area contributed by atoms with Crippen LogP contribution in [-0.4, -0.2) is 12.2 Å². The first kappa shape index (κ1) is 9.01. The SMILES string of the molecule is CC1=C[C@@]2(C=CCO2)CC(C)(C)C1. The van der Waals surface area contributed by atoms with Gasteiger partial charge in [-0.05, 0) is 31.3 Å². The van der Waals surface area contributed by atoms with E-state index >= 15 is 0 Å². The van der Waals surface area contributed by atoms with E-state index in [-0.39, 0.29) is 5.60 Å². The zero-order chi connectivity index (χ0) is 9.53. The van der Waals surface area contributed by atoms with E-state index in [1.54, 1.807) is 0 Å². The van der Waals surface area contributed by atoms with Gasteiger partial charge in [0.05, 0.1) is 6.61 Å². The molecule has 1 aliphatic heterocycles. The summed E-state index contributed by atoms with van der Waals surface area (Å²) in [6.07, 6.45) is 8.96. The minimum atomic E-state index is -0.0637. The Hall–Kier alpha value is -0.560. The van der Waals surface area contributed by atoms with Crippen LogP contribution in [0.4, 0.5) is 0 Å². The van der Waals surface area contributed by atoms with Gasteiger partial charge in [-0.15, -0.1) is 0 Å². The maximum absolute atomic E-state index is 5.80. The molecule has 0 aromatic carbocycles. The molecule has 0 bridgehead atoms. The predicted octanol–water partition coefficient (Wildman–Crippen LogP) is 3.08. The fourth-order valence-electron chi connectivity index (χ4n) is 2.78. The third-order valence-corrected chi connectivity index (χ3v) is 2.85. The van der Waals surface area contributed by atoms with E-state index < -0.39 is 0 Å². The molecule has 1 aliphatic carbocycles. The van der Waals surface area contributed by atoms with E-state index in [4.69, 9.17) is 4.74 Å². The molecule has 0 saturated carbocycles. The highest BCUT2D eigenvalue weighted by atomic mass is 16.5. The second-order valence-electron chi connectivity index (χ2n) is 5.18. The smallest absolute Gasteiger partial charge is 0.106 e. The third kappa shape index (κ3) is 1.71. The number of ether oxygens (including phenoxy) is 1. The fourth-order valence-corrected chi connectivity index (χ4v) is 2.78. The van der Waals surface area contributed by atoms with Crippen LogP contribution in [0.15, 0.2) is 23.8 Å². The van der Waals surface area contributed by atoms with Crippen LogP contribution in [0, 0.1) is 5.41 Å². The van der Waals surface area contributed by atoms with Crippen molar-refractivity contribution in [3.8, 4) is 0 Å². The van der Waals surface area contributed by atoms with Crippen molar-refractivity contribution in [3.05, 3.63) is 23.8 Å². The molecule has 0 fully saturated rings. The maximum Gasteiger partial charge on any atom is 0.106 e. The molecule has 0 saturated heterocycles. The molecule has 1 heteroatoms. The third-order valence-electron chi connectivity index (χ3n) is 2.85. The van der Waals surface area contributed by atoms with Crippen LogP contribution in [0.2, 0.25) is 0 Å². The molecule has 1 atom stereocenters.